The van der Waals surface area contributed by atoms with E-state index in [0.29, 0.717) is 25.9 Å². The Morgan fingerprint density at radius 2 is 2.15 bits per heavy atom. The van der Waals surface area contributed by atoms with E-state index in [4.69, 9.17) is 11.1 Å². The van der Waals surface area contributed by atoms with Crippen molar-refractivity contribution in [2.75, 3.05) is 24.7 Å². The van der Waals surface area contributed by atoms with Crippen molar-refractivity contribution in [2.45, 2.75) is 27.8 Å². The number of hydrogen-bond acceptors (Lipinski definition) is 8. The van der Waals surface area contributed by atoms with Gasteiger partial charge in [0.15, 0.2) is 0 Å². The number of nitrogens with one attached hydrogen (secondary N) is 2. The lowest BCUT2D eigenvalue weighted by Gasteiger charge is -2.22. The number of nitrogens with two attached hydrogens (primary N) is 1. The zero-order chi connectivity index (χ0) is 20.4. The Labute approximate surface area is 175 Å². The van der Waals surface area contributed by atoms with Crippen LogP contribution in [0.4, 0.5) is 5.82 Å². The normalized spacial score (nSPS) is 12.2. The van der Waals surface area contributed by atoms with Gasteiger partial charge in [-0.05, 0) is 34.3 Å². The van der Waals surface area contributed by atoms with Gasteiger partial charge in [-0.25, -0.2) is 13.4 Å². The van der Waals surface area contributed by atoms with Crippen LogP contribution in [0.1, 0.15) is 18.7 Å². The fourth-order valence-electron chi connectivity index (χ4n) is 2.02. The number of rotatable bonds is 8. The monoisotopic (exact) mass is 492 g/mol. The number of halogens is 1. The third-order valence-electron chi connectivity index (χ3n) is 3.70. The van der Waals surface area contributed by atoms with E-state index in [0.717, 1.165) is 0 Å². The van der Waals surface area contributed by atoms with Crippen LogP contribution >= 0.6 is 39.0 Å². The Morgan fingerprint density at radius 3 is 2.67 bits per heavy atom. The number of nitrogens with zero attached hydrogens (tertiary/aromatic N) is 1. The van der Waals surface area contributed by atoms with Crippen molar-refractivity contribution in [1.29, 1.82) is 5.41 Å². The maximum absolute atomic E-state index is 13.0. The Bertz CT molecular complexity index is 958. The van der Waals surface area contributed by atoms with Gasteiger partial charge in [0.05, 0.1) is 23.4 Å². The largest absolute Gasteiger partial charge is 0.396 e. The van der Waals surface area contributed by atoms with Gasteiger partial charge in [-0.2, -0.15) is 0 Å². The van der Waals surface area contributed by atoms with Crippen molar-refractivity contribution in [1.82, 2.24) is 4.98 Å². The molecule has 2 heterocycles. The molecule has 2 aromatic heterocycles. The number of pyridine rings is 1. The molecule has 0 fully saturated rings. The molecule has 5 N–H and O–H groups in total. The van der Waals surface area contributed by atoms with E-state index >= 15 is 0 Å². The predicted molar refractivity (Wildman–Crippen MR) is 114 cm³/mol. The number of aliphatic hydroxyl groups is 1. The van der Waals surface area contributed by atoms with E-state index in [1.54, 1.807) is 6.26 Å². The van der Waals surface area contributed by atoms with Gasteiger partial charge < -0.3 is 16.2 Å². The number of aromatic nitrogens is 1. The first-order chi connectivity index (χ1) is 12.5. The lowest BCUT2D eigenvalue weighted by atomic mass is 9.95. The molecule has 0 aliphatic heterocycles. The van der Waals surface area contributed by atoms with Crippen molar-refractivity contribution in [3.05, 3.63) is 27.7 Å². The van der Waals surface area contributed by atoms with E-state index in [-0.39, 0.29) is 27.6 Å². The molecule has 0 unspecified atom stereocenters. The zero-order valence-electron chi connectivity index (χ0n) is 15.0. The first-order valence-electron chi connectivity index (χ1n) is 7.79. The molecule has 0 amide bonds. The van der Waals surface area contributed by atoms with Gasteiger partial charge in [0, 0.05) is 24.8 Å². The summed E-state index contributed by atoms with van der Waals surface area (Å²) in [6, 6.07) is 2.92. The van der Waals surface area contributed by atoms with Crippen LogP contribution < -0.4 is 11.1 Å². The Balaban J connectivity index is 2.38. The fourth-order valence-corrected chi connectivity index (χ4v) is 6.49. The van der Waals surface area contributed by atoms with Gasteiger partial charge in [-0.1, -0.05) is 13.8 Å². The minimum Gasteiger partial charge on any atom is -0.396 e. The lowest BCUT2D eigenvalue weighted by molar-refractivity contribution is 0.170. The molecule has 0 radical (unpaired) electrons. The maximum Gasteiger partial charge on any atom is 0.210 e. The van der Waals surface area contributed by atoms with Crippen LogP contribution in [-0.2, 0) is 9.84 Å². The highest BCUT2D eigenvalue weighted by molar-refractivity contribution is 9.10. The molecule has 0 bridgehead atoms. The van der Waals surface area contributed by atoms with Crippen molar-refractivity contribution in [2.24, 2.45) is 11.1 Å². The Morgan fingerprint density at radius 1 is 1.48 bits per heavy atom. The van der Waals surface area contributed by atoms with Crippen LogP contribution in [0.5, 0.6) is 0 Å². The van der Waals surface area contributed by atoms with E-state index in [1.807, 2.05) is 13.8 Å². The quantitative estimate of drug-likeness (QED) is 0.253. The molecule has 0 aromatic carbocycles. The third kappa shape index (κ3) is 5.02. The van der Waals surface area contributed by atoms with Crippen molar-refractivity contribution in [3.8, 4) is 0 Å². The molecule has 2 rings (SSSR count). The molecule has 0 atom stereocenters. The number of hydrogen-bond donors (Lipinski definition) is 4. The molecule has 148 valence electrons. The summed E-state index contributed by atoms with van der Waals surface area (Å²) in [5, 5.41) is 20.0. The minimum atomic E-state index is -3.80. The summed E-state index contributed by atoms with van der Waals surface area (Å²) in [5.74, 6) is 0.331. The predicted octanol–water partition coefficient (Wildman–Crippen LogP) is 3.17. The molecule has 0 saturated heterocycles. The second kappa shape index (κ2) is 8.48. The topological polar surface area (TPSA) is 129 Å². The van der Waals surface area contributed by atoms with E-state index in [9.17, 15) is 13.5 Å². The van der Waals surface area contributed by atoms with Gasteiger partial charge in [0.25, 0.3) is 0 Å². The number of thioether (sulfide) groups is 1. The molecule has 7 nitrogen and oxygen atoms in total. The lowest BCUT2D eigenvalue weighted by Crippen LogP contribution is -2.27. The maximum atomic E-state index is 13.0. The summed E-state index contributed by atoms with van der Waals surface area (Å²) in [4.78, 5) is 4.80. The van der Waals surface area contributed by atoms with Crippen LogP contribution in [0.3, 0.4) is 0 Å². The standard InChI is InChI=1S/C16H21BrN4O3S3/c1-16(2,8-22)7-21-14-10(17)4-9(6-20-14)27(23,24)12-5-11(13(18)19)26-15(12)25-3/h4-6,22H,7-8H2,1-3H3,(H3,18,19)(H,20,21). The average molecular weight is 493 g/mol. The average Bonchev–Trinajstić information content (AvgIpc) is 3.06. The third-order valence-corrected chi connectivity index (χ3v) is 8.61. The van der Waals surface area contributed by atoms with Crippen molar-refractivity contribution < 1.29 is 13.5 Å². The number of amidine groups is 1. The van der Waals surface area contributed by atoms with Gasteiger partial charge in [0.1, 0.15) is 11.7 Å². The van der Waals surface area contributed by atoms with Crippen molar-refractivity contribution in [3.63, 3.8) is 0 Å². The highest BCUT2D eigenvalue weighted by Gasteiger charge is 2.26. The summed E-state index contributed by atoms with van der Waals surface area (Å²) in [7, 11) is -3.80. The summed E-state index contributed by atoms with van der Waals surface area (Å²) in [6.45, 7) is 4.29. The Kier molecular flexibility index (Phi) is 6.96. The first kappa shape index (κ1) is 22.2. The number of sulfone groups is 1. The van der Waals surface area contributed by atoms with Crippen LogP contribution in [0.2, 0.25) is 0 Å². The molecule has 27 heavy (non-hydrogen) atoms. The minimum absolute atomic E-state index is 0.0121. The molecule has 0 aliphatic carbocycles. The highest BCUT2D eigenvalue weighted by Crippen LogP contribution is 2.37. The molecule has 11 heteroatoms. The molecule has 2 aromatic rings. The second-order valence-corrected chi connectivity index (χ2v) is 11.5. The molecular formula is C16H21BrN4O3S3. The van der Waals surface area contributed by atoms with E-state index < -0.39 is 9.84 Å². The van der Waals surface area contributed by atoms with Crippen LogP contribution in [-0.4, -0.2) is 43.8 Å². The van der Waals surface area contributed by atoms with Gasteiger partial charge in [-0.15, -0.1) is 23.1 Å². The van der Waals surface area contributed by atoms with E-state index in [1.165, 1.54) is 41.4 Å². The highest BCUT2D eigenvalue weighted by atomic mass is 79.9. The smallest absolute Gasteiger partial charge is 0.210 e. The molecule has 0 saturated carbocycles. The number of anilines is 1. The van der Waals surface area contributed by atoms with Crippen LogP contribution in [0.15, 0.2) is 36.8 Å². The van der Waals surface area contributed by atoms with Crippen molar-refractivity contribution >= 4 is 60.5 Å². The molecule has 0 spiro atoms. The van der Waals surface area contributed by atoms with E-state index in [2.05, 4.69) is 26.2 Å². The first-order valence-corrected chi connectivity index (χ1v) is 12.1. The summed E-state index contributed by atoms with van der Waals surface area (Å²) in [5.41, 5.74) is 5.17. The number of aliphatic hydroxyl groups excluding tert-OH is 1. The van der Waals surface area contributed by atoms with Gasteiger partial charge in [0.2, 0.25) is 9.84 Å². The molecule has 0 aliphatic rings. The summed E-state index contributed by atoms with van der Waals surface area (Å²) < 4.78 is 27.2. The summed E-state index contributed by atoms with van der Waals surface area (Å²) >= 11 is 5.83. The van der Waals surface area contributed by atoms with Crippen LogP contribution in [0.25, 0.3) is 0 Å². The number of nitrogen functional groups attached to an aromatic ring is 1. The van der Waals surface area contributed by atoms with Crippen LogP contribution in [0, 0.1) is 10.8 Å². The van der Waals surface area contributed by atoms with Gasteiger partial charge >= 0.3 is 0 Å². The van der Waals surface area contributed by atoms with Gasteiger partial charge in [-0.3, -0.25) is 5.41 Å². The zero-order valence-corrected chi connectivity index (χ0v) is 19.1. The molecular weight excluding hydrogens is 472 g/mol. The summed E-state index contributed by atoms with van der Waals surface area (Å²) in [6.07, 6.45) is 3.07. The number of thiophene rings is 1. The Hall–Kier alpha value is -1.14. The fraction of sp³-hybridized carbons (Fsp3) is 0.375. The SMILES string of the molecule is CSc1sc(C(=N)N)cc1S(=O)(=O)c1cnc(NCC(C)(C)CO)c(Br)c1. The second-order valence-electron chi connectivity index (χ2n) is 6.56.